The number of hydrogen-bond donors (Lipinski definition) is 0. The lowest BCUT2D eigenvalue weighted by molar-refractivity contribution is -0.142. The molecule has 2 bridgehead atoms. The smallest absolute Gasteiger partial charge is 0.341 e. The van der Waals surface area contributed by atoms with Gasteiger partial charge >= 0.3 is 11.9 Å². The van der Waals surface area contributed by atoms with Crippen LogP contribution in [0.2, 0.25) is 0 Å². The topological polar surface area (TPSA) is 65.7 Å². The summed E-state index contributed by atoms with van der Waals surface area (Å²) in [6, 6.07) is 1.69. The fourth-order valence-electron chi connectivity index (χ4n) is 3.16. The minimum atomic E-state index is -0.463. The highest BCUT2D eigenvalue weighted by Crippen LogP contribution is 2.29. The largest absolute Gasteiger partial charge is 0.465 e. The van der Waals surface area contributed by atoms with Gasteiger partial charge in [0.25, 0.3) is 0 Å². The van der Waals surface area contributed by atoms with Gasteiger partial charge in [0.05, 0.1) is 7.11 Å². The summed E-state index contributed by atoms with van der Waals surface area (Å²) in [6.07, 6.45) is 5.04. The number of allylic oxidation sites excluding steroid dienone is 1. The molecule has 0 radical (unpaired) electrons. The summed E-state index contributed by atoms with van der Waals surface area (Å²) in [4.78, 5) is 24.6. The van der Waals surface area contributed by atoms with Crippen LogP contribution in [0.15, 0.2) is 53.0 Å². The number of cyclic esters (lactones) is 1. The van der Waals surface area contributed by atoms with Crippen molar-refractivity contribution >= 4 is 18.0 Å². The second-order valence-electron chi connectivity index (χ2n) is 7.24. The number of ether oxygens (including phenoxy) is 2. The predicted octanol–water partition coefficient (Wildman–Crippen LogP) is 5.04. The highest BCUT2D eigenvalue weighted by atomic mass is 16.5. The molecule has 0 aliphatic carbocycles. The molecule has 0 N–H and O–H groups in total. The van der Waals surface area contributed by atoms with Crippen molar-refractivity contribution in [3.05, 3.63) is 65.7 Å². The van der Waals surface area contributed by atoms with Gasteiger partial charge in [0.15, 0.2) is 0 Å². The molecule has 1 aromatic rings. The Kier molecular flexibility index (Phi) is 7.21. The number of fused-ring (bicyclic) bond motifs is 2. The molecular formula is C23H28O5. The Hall–Kier alpha value is -2.82. The van der Waals surface area contributed by atoms with Crippen molar-refractivity contribution in [1.82, 2.24) is 0 Å². The summed E-state index contributed by atoms with van der Waals surface area (Å²) in [5.74, 6) is 0.291. The first-order valence-electron chi connectivity index (χ1n) is 9.30. The zero-order chi connectivity index (χ0) is 20.8. The van der Waals surface area contributed by atoms with Crippen molar-refractivity contribution < 1.29 is 23.5 Å². The van der Waals surface area contributed by atoms with Gasteiger partial charge in [-0.2, -0.15) is 0 Å². The van der Waals surface area contributed by atoms with Gasteiger partial charge in [0.2, 0.25) is 0 Å². The van der Waals surface area contributed by atoms with Crippen LogP contribution in [-0.2, 0) is 20.7 Å². The first kappa shape index (κ1) is 21.5. The van der Waals surface area contributed by atoms with Crippen molar-refractivity contribution in [2.45, 2.75) is 45.6 Å². The Morgan fingerprint density at radius 3 is 2.68 bits per heavy atom. The van der Waals surface area contributed by atoms with Crippen molar-refractivity contribution in [2.24, 2.45) is 5.92 Å². The Bertz CT molecular complexity index is 824. The van der Waals surface area contributed by atoms with E-state index in [1.54, 1.807) is 12.1 Å². The van der Waals surface area contributed by atoms with Crippen molar-refractivity contribution in [3.63, 3.8) is 0 Å². The van der Waals surface area contributed by atoms with E-state index in [-0.39, 0.29) is 5.92 Å². The van der Waals surface area contributed by atoms with Crippen LogP contribution in [-0.4, -0.2) is 25.2 Å². The monoisotopic (exact) mass is 384 g/mol. The summed E-state index contributed by atoms with van der Waals surface area (Å²) >= 11 is 0. The maximum Gasteiger partial charge on any atom is 0.341 e. The molecule has 0 fully saturated rings. The molecule has 150 valence electrons. The van der Waals surface area contributed by atoms with Crippen molar-refractivity contribution in [3.8, 4) is 0 Å². The lowest BCUT2D eigenvalue weighted by atomic mass is 9.89. The maximum atomic E-state index is 12.3. The molecule has 0 spiro atoms. The molecule has 1 aromatic heterocycles. The van der Waals surface area contributed by atoms with E-state index in [0.29, 0.717) is 48.3 Å². The van der Waals surface area contributed by atoms with Crippen LogP contribution in [0.25, 0.3) is 6.08 Å². The molecule has 0 aromatic carbocycles. The number of rotatable bonds is 3. The predicted molar refractivity (Wildman–Crippen MR) is 109 cm³/mol. The number of esters is 2. The van der Waals surface area contributed by atoms with E-state index in [1.807, 2.05) is 19.9 Å². The lowest BCUT2D eigenvalue weighted by Crippen LogP contribution is -2.18. The zero-order valence-corrected chi connectivity index (χ0v) is 16.9. The summed E-state index contributed by atoms with van der Waals surface area (Å²) in [6.45, 7) is 15.5. The normalized spacial score (nSPS) is 23.0. The third-order valence-corrected chi connectivity index (χ3v) is 4.88. The third-order valence-electron chi connectivity index (χ3n) is 4.88. The SMILES string of the molecule is C=C[C@H]1C/C(C)=C\c2cc(C(=O)OC)c(o2)C[C@@H](C(=C)C)CCC(=C)C(=O)O1. The standard InChI is InChI=1S/C23H28O5/c1-7-18-10-15(4)11-19-13-20(23(25)26-6)21(27-19)12-17(14(2)3)9-8-16(5)22(24)28-18/h7,11,13,17-18H,1-2,5,8-10,12H2,3-4,6H3/b15-11-/t17-,18-/m0/s1. The third kappa shape index (κ3) is 5.35. The van der Waals surface area contributed by atoms with E-state index in [1.165, 1.54) is 7.11 Å². The average Bonchev–Trinajstić information content (AvgIpc) is 3.04. The van der Waals surface area contributed by atoms with Gasteiger partial charge in [0.1, 0.15) is 23.2 Å². The average molecular weight is 384 g/mol. The van der Waals surface area contributed by atoms with E-state index in [0.717, 1.165) is 11.1 Å². The van der Waals surface area contributed by atoms with Crippen LogP contribution < -0.4 is 0 Å². The molecule has 1 aliphatic heterocycles. The van der Waals surface area contributed by atoms with Crippen molar-refractivity contribution in [2.75, 3.05) is 7.11 Å². The van der Waals surface area contributed by atoms with E-state index in [9.17, 15) is 9.59 Å². The zero-order valence-electron chi connectivity index (χ0n) is 16.9. The highest BCUT2D eigenvalue weighted by molar-refractivity contribution is 5.91. The number of carbonyl (C=O) groups is 2. The first-order chi connectivity index (χ1) is 13.2. The molecule has 5 heteroatoms. The van der Waals surface area contributed by atoms with Gasteiger partial charge in [-0.3, -0.25) is 0 Å². The maximum absolute atomic E-state index is 12.3. The van der Waals surface area contributed by atoms with Crippen LogP contribution in [0, 0.1) is 5.92 Å². The molecule has 5 nitrogen and oxygen atoms in total. The number of carbonyl (C=O) groups excluding carboxylic acids is 2. The Balaban J connectivity index is 2.48. The summed E-state index contributed by atoms with van der Waals surface area (Å²) in [5.41, 5.74) is 2.69. The fourth-order valence-corrected chi connectivity index (χ4v) is 3.16. The van der Waals surface area contributed by atoms with Crippen LogP contribution in [0.1, 0.15) is 55.0 Å². The van der Waals surface area contributed by atoms with Gasteiger partial charge < -0.3 is 13.9 Å². The molecule has 2 heterocycles. The summed E-state index contributed by atoms with van der Waals surface area (Å²) in [5, 5.41) is 0. The molecule has 1 aliphatic rings. The van der Waals surface area contributed by atoms with Crippen LogP contribution >= 0.6 is 0 Å². The molecule has 0 unspecified atom stereocenters. The van der Waals surface area contributed by atoms with Gasteiger partial charge in [-0.05, 0) is 44.7 Å². The van der Waals surface area contributed by atoms with Gasteiger partial charge in [-0.15, -0.1) is 0 Å². The Labute approximate surface area is 166 Å². The fraction of sp³-hybridized carbons (Fsp3) is 0.391. The molecule has 28 heavy (non-hydrogen) atoms. The van der Waals surface area contributed by atoms with Gasteiger partial charge in [-0.1, -0.05) is 37.0 Å². The van der Waals surface area contributed by atoms with Gasteiger partial charge in [0, 0.05) is 18.4 Å². The summed E-state index contributed by atoms with van der Waals surface area (Å²) in [7, 11) is 1.35. The number of hydrogen-bond acceptors (Lipinski definition) is 5. The van der Waals surface area contributed by atoms with Crippen LogP contribution in [0.5, 0.6) is 0 Å². The highest BCUT2D eigenvalue weighted by Gasteiger charge is 2.24. The van der Waals surface area contributed by atoms with E-state index in [2.05, 4.69) is 19.7 Å². The Morgan fingerprint density at radius 2 is 2.07 bits per heavy atom. The number of furan rings is 1. The minimum absolute atomic E-state index is 0.0233. The quantitative estimate of drug-likeness (QED) is 0.415. The molecule has 0 saturated heterocycles. The molecule has 0 amide bonds. The second-order valence-corrected chi connectivity index (χ2v) is 7.24. The van der Waals surface area contributed by atoms with Crippen LogP contribution in [0.4, 0.5) is 0 Å². The molecule has 2 atom stereocenters. The summed E-state index contributed by atoms with van der Waals surface area (Å²) < 4.78 is 16.4. The van der Waals surface area contributed by atoms with Crippen molar-refractivity contribution in [1.29, 1.82) is 0 Å². The molecular weight excluding hydrogens is 356 g/mol. The molecule has 0 saturated carbocycles. The van der Waals surface area contributed by atoms with E-state index < -0.39 is 18.0 Å². The minimum Gasteiger partial charge on any atom is -0.465 e. The van der Waals surface area contributed by atoms with Crippen LogP contribution in [0.3, 0.4) is 0 Å². The number of methoxy groups -OCH3 is 1. The lowest BCUT2D eigenvalue weighted by Gasteiger charge is -2.19. The molecule has 2 rings (SSSR count). The van der Waals surface area contributed by atoms with E-state index in [4.69, 9.17) is 13.9 Å². The second kappa shape index (κ2) is 9.40. The van der Waals surface area contributed by atoms with Gasteiger partial charge in [-0.25, -0.2) is 9.59 Å². The first-order valence-corrected chi connectivity index (χ1v) is 9.30. The van der Waals surface area contributed by atoms with E-state index >= 15 is 0 Å². The Morgan fingerprint density at radius 1 is 1.36 bits per heavy atom.